The van der Waals surface area contributed by atoms with Crippen LogP contribution in [0.5, 0.6) is 5.75 Å². The first-order valence-electron chi connectivity index (χ1n) is 5.68. The van der Waals surface area contributed by atoms with Crippen LogP contribution in [0, 0.1) is 11.3 Å². The van der Waals surface area contributed by atoms with Gasteiger partial charge in [-0.1, -0.05) is 25.1 Å². The number of amides is 1. The summed E-state index contributed by atoms with van der Waals surface area (Å²) in [7, 11) is 0. The lowest BCUT2D eigenvalue weighted by atomic mass is 10.00. The molecular weight excluding hydrogens is 216 g/mol. The maximum Gasteiger partial charge on any atom is 0.232 e. The summed E-state index contributed by atoms with van der Waals surface area (Å²) in [5.74, 6) is 0.328. The molecule has 88 valence electrons. The Bertz CT molecular complexity index is 465. The fraction of sp³-hybridized carbons (Fsp3) is 0.385. The SMILES string of the molecule is CCC(C#N)NC(=O)C1COc2ccccc21. The molecule has 4 heteroatoms. The number of carbonyl (C=O) groups excluding carboxylic acids is 1. The number of fused-ring (bicyclic) bond motifs is 1. The van der Waals surface area contributed by atoms with Crippen LogP contribution < -0.4 is 10.1 Å². The van der Waals surface area contributed by atoms with Crippen LogP contribution in [0.15, 0.2) is 24.3 Å². The molecule has 0 saturated carbocycles. The predicted octanol–water partition coefficient (Wildman–Crippen LogP) is 1.58. The summed E-state index contributed by atoms with van der Waals surface area (Å²) >= 11 is 0. The van der Waals surface area contributed by atoms with Gasteiger partial charge in [0.05, 0.1) is 6.07 Å². The van der Waals surface area contributed by atoms with E-state index in [-0.39, 0.29) is 11.8 Å². The van der Waals surface area contributed by atoms with Crippen molar-refractivity contribution < 1.29 is 9.53 Å². The Kier molecular flexibility index (Phi) is 3.29. The molecule has 1 amide bonds. The van der Waals surface area contributed by atoms with E-state index in [1.807, 2.05) is 31.2 Å². The topological polar surface area (TPSA) is 62.1 Å². The van der Waals surface area contributed by atoms with Crippen LogP contribution in [0.3, 0.4) is 0 Å². The Morgan fingerprint density at radius 1 is 1.65 bits per heavy atom. The van der Waals surface area contributed by atoms with Crippen LogP contribution in [0.2, 0.25) is 0 Å². The zero-order valence-corrected chi connectivity index (χ0v) is 9.64. The van der Waals surface area contributed by atoms with Gasteiger partial charge in [0.2, 0.25) is 5.91 Å². The number of rotatable bonds is 3. The van der Waals surface area contributed by atoms with Crippen LogP contribution in [-0.4, -0.2) is 18.6 Å². The van der Waals surface area contributed by atoms with Crippen molar-refractivity contribution in [2.75, 3.05) is 6.61 Å². The van der Waals surface area contributed by atoms with Crippen LogP contribution in [0.4, 0.5) is 0 Å². The zero-order valence-electron chi connectivity index (χ0n) is 9.64. The predicted molar refractivity (Wildman–Crippen MR) is 62.5 cm³/mol. The maximum atomic E-state index is 12.0. The summed E-state index contributed by atoms with van der Waals surface area (Å²) in [6.45, 7) is 2.22. The van der Waals surface area contributed by atoms with E-state index in [4.69, 9.17) is 10.00 Å². The van der Waals surface area contributed by atoms with Crippen LogP contribution in [0.25, 0.3) is 0 Å². The van der Waals surface area contributed by atoms with Gasteiger partial charge in [0.1, 0.15) is 24.3 Å². The Labute approximate surface area is 100 Å². The second-order valence-corrected chi connectivity index (χ2v) is 4.00. The highest BCUT2D eigenvalue weighted by Crippen LogP contribution is 2.33. The van der Waals surface area contributed by atoms with E-state index < -0.39 is 6.04 Å². The van der Waals surface area contributed by atoms with Gasteiger partial charge in [-0.05, 0) is 12.5 Å². The van der Waals surface area contributed by atoms with E-state index in [0.29, 0.717) is 13.0 Å². The molecule has 1 heterocycles. The smallest absolute Gasteiger partial charge is 0.232 e. The highest BCUT2D eigenvalue weighted by molar-refractivity contribution is 5.85. The first kappa shape index (κ1) is 11.5. The summed E-state index contributed by atoms with van der Waals surface area (Å²) in [6.07, 6.45) is 0.609. The highest BCUT2D eigenvalue weighted by atomic mass is 16.5. The molecule has 0 spiro atoms. The van der Waals surface area contributed by atoms with Crippen molar-refractivity contribution >= 4 is 5.91 Å². The number of hydrogen-bond donors (Lipinski definition) is 1. The minimum atomic E-state index is -0.421. The molecule has 1 aliphatic heterocycles. The number of nitrogens with zero attached hydrogens (tertiary/aromatic N) is 1. The Balaban J connectivity index is 2.10. The Morgan fingerprint density at radius 2 is 2.41 bits per heavy atom. The lowest BCUT2D eigenvalue weighted by Crippen LogP contribution is -2.37. The van der Waals surface area contributed by atoms with Gasteiger partial charge in [0.15, 0.2) is 0 Å². The summed E-state index contributed by atoms with van der Waals surface area (Å²) in [5, 5.41) is 11.5. The molecule has 0 saturated heterocycles. The Morgan fingerprint density at radius 3 is 3.12 bits per heavy atom. The summed E-state index contributed by atoms with van der Waals surface area (Å²) in [4.78, 5) is 12.0. The second-order valence-electron chi connectivity index (χ2n) is 4.00. The largest absolute Gasteiger partial charge is 0.492 e. The normalized spacial score (nSPS) is 18.7. The summed E-state index contributed by atoms with van der Waals surface area (Å²) in [5.41, 5.74) is 0.901. The molecule has 0 bridgehead atoms. The molecule has 0 aromatic heterocycles. The van der Waals surface area contributed by atoms with Crippen LogP contribution in [0.1, 0.15) is 24.8 Å². The lowest BCUT2D eigenvalue weighted by molar-refractivity contribution is -0.123. The number of para-hydroxylation sites is 1. The molecule has 2 rings (SSSR count). The van der Waals surface area contributed by atoms with Crippen molar-refractivity contribution in [1.29, 1.82) is 5.26 Å². The van der Waals surface area contributed by atoms with Gasteiger partial charge in [-0.15, -0.1) is 0 Å². The van der Waals surface area contributed by atoms with Gasteiger partial charge in [-0.3, -0.25) is 4.79 Å². The molecule has 0 radical (unpaired) electrons. The fourth-order valence-electron chi connectivity index (χ4n) is 1.88. The molecule has 0 aliphatic carbocycles. The van der Waals surface area contributed by atoms with Crippen molar-refractivity contribution in [1.82, 2.24) is 5.32 Å². The average Bonchev–Trinajstić information content (AvgIpc) is 2.79. The molecule has 2 atom stereocenters. The first-order chi connectivity index (χ1) is 8.26. The van der Waals surface area contributed by atoms with Crippen LogP contribution in [-0.2, 0) is 4.79 Å². The number of nitrogens with one attached hydrogen (secondary N) is 1. The minimum absolute atomic E-state index is 0.136. The van der Waals surface area contributed by atoms with Crippen molar-refractivity contribution in [2.24, 2.45) is 0 Å². The van der Waals surface area contributed by atoms with Crippen molar-refractivity contribution in [2.45, 2.75) is 25.3 Å². The van der Waals surface area contributed by atoms with Gasteiger partial charge in [0.25, 0.3) is 0 Å². The van der Waals surface area contributed by atoms with Gasteiger partial charge >= 0.3 is 0 Å². The third-order valence-corrected chi connectivity index (χ3v) is 2.90. The van der Waals surface area contributed by atoms with E-state index in [1.54, 1.807) is 0 Å². The maximum absolute atomic E-state index is 12.0. The van der Waals surface area contributed by atoms with Gasteiger partial charge in [0, 0.05) is 5.56 Å². The molecule has 1 N–H and O–H groups in total. The Hall–Kier alpha value is -2.02. The van der Waals surface area contributed by atoms with Gasteiger partial charge in [-0.25, -0.2) is 0 Å². The number of nitriles is 1. The van der Waals surface area contributed by atoms with Gasteiger partial charge in [-0.2, -0.15) is 5.26 Å². The minimum Gasteiger partial charge on any atom is -0.492 e. The molecule has 1 aliphatic rings. The molecule has 1 aromatic rings. The third kappa shape index (κ3) is 2.23. The number of ether oxygens (including phenoxy) is 1. The number of hydrogen-bond acceptors (Lipinski definition) is 3. The van der Waals surface area contributed by atoms with Crippen molar-refractivity contribution in [3.8, 4) is 11.8 Å². The van der Waals surface area contributed by atoms with E-state index in [0.717, 1.165) is 11.3 Å². The van der Waals surface area contributed by atoms with Gasteiger partial charge < -0.3 is 10.1 Å². The third-order valence-electron chi connectivity index (χ3n) is 2.90. The van der Waals surface area contributed by atoms with E-state index in [2.05, 4.69) is 11.4 Å². The molecule has 1 aromatic carbocycles. The van der Waals surface area contributed by atoms with E-state index in [1.165, 1.54) is 0 Å². The highest BCUT2D eigenvalue weighted by Gasteiger charge is 2.30. The fourth-order valence-corrected chi connectivity index (χ4v) is 1.88. The van der Waals surface area contributed by atoms with E-state index >= 15 is 0 Å². The molecular formula is C13H14N2O2. The summed E-state index contributed by atoms with van der Waals surface area (Å²) < 4.78 is 5.44. The second kappa shape index (κ2) is 4.88. The standard InChI is InChI=1S/C13H14N2O2/c1-2-9(7-14)15-13(16)11-8-17-12-6-4-3-5-10(11)12/h3-6,9,11H,2,8H2,1H3,(H,15,16). The summed E-state index contributed by atoms with van der Waals surface area (Å²) in [6, 6.07) is 9.14. The molecule has 17 heavy (non-hydrogen) atoms. The first-order valence-corrected chi connectivity index (χ1v) is 5.68. The quantitative estimate of drug-likeness (QED) is 0.857. The van der Waals surface area contributed by atoms with Crippen LogP contribution >= 0.6 is 0 Å². The zero-order chi connectivity index (χ0) is 12.3. The van der Waals surface area contributed by atoms with E-state index in [9.17, 15) is 4.79 Å². The molecule has 2 unspecified atom stereocenters. The average molecular weight is 230 g/mol. The lowest BCUT2D eigenvalue weighted by Gasteiger charge is -2.13. The molecule has 0 fully saturated rings. The monoisotopic (exact) mass is 230 g/mol. The van der Waals surface area contributed by atoms with Crippen molar-refractivity contribution in [3.63, 3.8) is 0 Å². The number of carbonyl (C=O) groups is 1. The molecule has 4 nitrogen and oxygen atoms in total. The number of benzene rings is 1. The van der Waals surface area contributed by atoms with Crippen molar-refractivity contribution in [3.05, 3.63) is 29.8 Å².